The van der Waals surface area contributed by atoms with Gasteiger partial charge in [0.05, 0.1) is 19.3 Å². The maximum Gasteiger partial charge on any atom is 0.224 e. The van der Waals surface area contributed by atoms with Gasteiger partial charge in [0, 0.05) is 71.4 Å². The van der Waals surface area contributed by atoms with E-state index in [2.05, 4.69) is 21.3 Å². The van der Waals surface area contributed by atoms with Crippen LogP contribution in [0.2, 0.25) is 0 Å². The monoisotopic (exact) mass is 968 g/mol. The van der Waals surface area contributed by atoms with Gasteiger partial charge in [0.15, 0.2) is 6.29 Å². The number of benzene rings is 3. The van der Waals surface area contributed by atoms with Gasteiger partial charge in [-0.05, 0) is 85.9 Å². The van der Waals surface area contributed by atoms with Crippen LogP contribution in [0.4, 0.5) is 34.1 Å². The molecule has 3 aromatic rings. The maximum absolute atomic E-state index is 12.0. The molecule has 0 spiro atoms. The van der Waals surface area contributed by atoms with Crippen LogP contribution in [0.3, 0.4) is 0 Å². The SMILES string of the molecule is CSCCCC(=O)Nc1cccc(NCC(O)[C@H](O)[C@@H](O[C@@H]2OC(CO)[C@@H](O)[C@@H](O)C2O)C(O)CO)c1.Nc1cccc(NC(=O)CCCSSCCCC(=O)Nc2cccc(N)c2)c1. The van der Waals surface area contributed by atoms with E-state index in [-0.39, 0.29) is 24.3 Å². The summed E-state index contributed by atoms with van der Waals surface area (Å²) < 4.78 is 10.6. The van der Waals surface area contributed by atoms with Crippen molar-refractivity contribution in [3.63, 3.8) is 0 Å². The molecular weight excluding hydrogens is 905 g/mol. The normalized spacial score (nSPS) is 20.0. The molecule has 19 nitrogen and oxygen atoms in total. The van der Waals surface area contributed by atoms with Crippen molar-refractivity contribution in [1.29, 1.82) is 0 Å². The number of nitrogen functional groups attached to an aromatic ring is 2. The number of hydrogen-bond donors (Lipinski definition) is 14. The molecule has 3 aromatic carbocycles. The van der Waals surface area contributed by atoms with Crippen LogP contribution in [0, 0.1) is 0 Å². The van der Waals surface area contributed by atoms with Crippen LogP contribution >= 0.6 is 33.3 Å². The Balaban J connectivity index is 0.000000359. The standard InChI is InChI=1S/C23H38N2O11S.C20H26N4O2S2/c1-37-7-3-6-17(30)25-13-5-2-4-12(8-13)24-9-14(28)18(31)22(15(29)10-26)36-23-21(34)20(33)19(32)16(11-27)35-23;21-15-5-1-7-17(13-15)23-19(25)9-3-11-27-28-12-4-10-20(26)24-18-8-2-6-16(22)14-18/h2,4-5,8,14-16,18-24,26-29,31-34H,3,6-7,9-11H2,1H3,(H,25,30);1-2,5-8,13-14H,3-4,9-12,21-22H2,(H,23,25)(H,24,26)/t14?,15?,16?,18-,19+,20+,21?,22-,23-;/m0./s1. The topological polar surface area (TPSA) is 332 Å². The summed E-state index contributed by atoms with van der Waals surface area (Å²) in [6.07, 6.45) is -9.31. The molecular formula is C43H64N6O13S3. The molecule has 0 radical (unpaired) electrons. The summed E-state index contributed by atoms with van der Waals surface area (Å²) in [5, 5.41) is 91.4. The van der Waals surface area contributed by atoms with E-state index in [1.807, 2.05) is 30.5 Å². The van der Waals surface area contributed by atoms with E-state index in [4.69, 9.17) is 20.9 Å². The summed E-state index contributed by atoms with van der Waals surface area (Å²) in [7, 11) is 3.46. The van der Waals surface area contributed by atoms with E-state index in [9.17, 15) is 55.2 Å². The molecule has 16 N–H and O–H groups in total. The molecule has 4 unspecified atom stereocenters. The Morgan fingerprint density at radius 1 is 0.677 bits per heavy atom. The highest BCUT2D eigenvalue weighted by atomic mass is 33.1. The van der Waals surface area contributed by atoms with Gasteiger partial charge in [0.25, 0.3) is 0 Å². The fraction of sp³-hybridized carbons (Fsp3) is 0.512. The lowest BCUT2D eigenvalue weighted by molar-refractivity contribution is -0.326. The Kier molecular flexibility index (Phi) is 25.9. The maximum atomic E-state index is 12.0. The molecule has 1 aliphatic heterocycles. The molecule has 9 atom stereocenters. The van der Waals surface area contributed by atoms with Gasteiger partial charge in [-0.2, -0.15) is 11.8 Å². The van der Waals surface area contributed by atoms with Crippen molar-refractivity contribution >= 4 is 85.2 Å². The number of aliphatic hydroxyl groups is 8. The van der Waals surface area contributed by atoms with Crippen molar-refractivity contribution in [2.24, 2.45) is 0 Å². The summed E-state index contributed by atoms with van der Waals surface area (Å²) in [6, 6.07) is 21.0. The van der Waals surface area contributed by atoms with Crippen LogP contribution in [0.1, 0.15) is 38.5 Å². The first-order valence-electron chi connectivity index (χ1n) is 20.9. The van der Waals surface area contributed by atoms with E-state index in [1.165, 1.54) is 0 Å². The predicted molar refractivity (Wildman–Crippen MR) is 257 cm³/mol. The number of aliphatic hydroxyl groups excluding tert-OH is 8. The van der Waals surface area contributed by atoms with E-state index < -0.39 is 68.3 Å². The third kappa shape index (κ3) is 20.7. The molecule has 362 valence electrons. The van der Waals surface area contributed by atoms with E-state index >= 15 is 0 Å². The van der Waals surface area contributed by atoms with Crippen molar-refractivity contribution in [2.45, 2.75) is 93.6 Å². The third-order valence-electron chi connectivity index (χ3n) is 9.54. The van der Waals surface area contributed by atoms with Gasteiger partial charge in [-0.25, -0.2) is 0 Å². The van der Waals surface area contributed by atoms with Crippen LogP contribution in [-0.2, 0) is 23.9 Å². The van der Waals surface area contributed by atoms with Crippen molar-refractivity contribution in [1.82, 2.24) is 0 Å². The first-order chi connectivity index (χ1) is 31.1. The highest BCUT2D eigenvalue weighted by Gasteiger charge is 2.46. The Hall–Kier alpha value is -3.88. The summed E-state index contributed by atoms with van der Waals surface area (Å²) in [4.78, 5) is 35.8. The summed E-state index contributed by atoms with van der Waals surface area (Å²) >= 11 is 1.66. The fourth-order valence-electron chi connectivity index (χ4n) is 6.09. The van der Waals surface area contributed by atoms with E-state index in [1.54, 1.807) is 81.9 Å². The Morgan fingerprint density at radius 3 is 1.63 bits per heavy atom. The summed E-state index contributed by atoms with van der Waals surface area (Å²) in [5.41, 5.74) is 15.1. The average molecular weight is 969 g/mol. The van der Waals surface area contributed by atoms with Crippen LogP contribution in [0.15, 0.2) is 72.8 Å². The van der Waals surface area contributed by atoms with Crippen LogP contribution in [-0.4, -0.2) is 157 Å². The van der Waals surface area contributed by atoms with Crippen molar-refractivity contribution in [2.75, 3.05) is 76.0 Å². The minimum absolute atomic E-state index is 0.00517. The van der Waals surface area contributed by atoms with E-state index in [0.717, 1.165) is 47.9 Å². The molecule has 65 heavy (non-hydrogen) atoms. The molecule has 0 saturated carbocycles. The highest BCUT2D eigenvalue weighted by molar-refractivity contribution is 8.76. The van der Waals surface area contributed by atoms with Gasteiger partial charge in [0.2, 0.25) is 17.7 Å². The van der Waals surface area contributed by atoms with Crippen LogP contribution in [0.25, 0.3) is 0 Å². The largest absolute Gasteiger partial charge is 0.399 e. The third-order valence-corrected chi connectivity index (χ3v) is 12.8. The zero-order valence-corrected chi connectivity index (χ0v) is 38.6. The zero-order chi connectivity index (χ0) is 47.7. The highest BCUT2D eigenvalue weighted by Crippen LogP contribution is 2.26. The van der Waals surface area contributed by atoms with Gasteiger partial charge in [-0.15, -0.1) is 0 Å². The predicted octanol–water partition coefficient (Wildman–Crippen LogP) is 1.81. The number of nitrogens with one attached hydrogen (secondary N) is 4. The number of rotatable bonds is 26. The lowest BCUT2D eigenvalue weighted by Crippen LogP contribution is -2.61. The molecule has 1 saturated heterocycles. The van der Waals surface area contributed by atoms with Crippen LogP contribution in [0.5, 0.6) is 0 Å². The molecule has 4 rings (SSSR count). The quantitative estimate of drug-likeness (QED) is 0.0310. The molecule has 1 aliphatic rings. The van der Waals surface area contributed by atoms with Gasteiger partial charge in [-0.1, -0.05) is 39.8 Å². The average Bonchev–Trinajstić information content (AvgIpc) is 3.28. The molecule has 3 amide bonds. The van der Waals surface area contributed by atoms with Crippen molar-refractivity contribution in [3.05, 3.63) is 72.8 Å². The Morgan fingerprint density at radius 2 is 1.15 bits per heavy atom. The number of nitrogens with two attached hydrogens (primary N) is 2. The number of ether oxygens (including phenoxy) is 2. The number of amides is 3. The zero-order valence-electron chi connectivity index (χ0n) is 36.1. The Labute approximate surface area is 390 Å². The smallest absolute Gasteiger partial charge is 0.224 e. The molecule has 1 heterocycles. The minimum Gasteiger partial charge on any atom is -0.399 e. The molecule has 0 aliphatic carbocycles. The molecule has 1 fully saturated rings. The molecule has 0 bridgehead atoms. The minimum atomic E-state index is -1.81. The first kappa shape index (κ1) is 55.4. The van der Waals surface area contributed by atoms with Gasteiger partial charge in [0.1, 0.15) is 42.7 Å². The first-order valence-corrected chi connectivity index (χ1v) is 24.8. The van der Waals surface area contributed by atoms with Gasteiger partial charge < -0.3 is 83.1 Å². The van der Waals surface area contributed by atoms with Gasteiger partial charge in [-0.3, -0.25) is 14.4 Å². The van der Waals surface area contributed by atoms with Crippen molar-refractivity contribution in [3.8, 4) is 0 Å². The number of hydrogen-bond acceptors (Lipinski definition) is 19. The van der Waals surface area contributed by atoms with Crippen LogP contribution < -0.4 is 32.7 Å². The molecule has 0 aromatic heterocycles. The second-order valence-corrected chi connectivity index (χ2v) is 18.6. The number of anilines is 6. The summed E-state index contributed by atoms with van der Waals surface area (Å²) in [6.45, 7) is -1.83. The lowest BCUT2D eigenvalue weighted by Gasteiger charge is -2.42. The van der Waals surface area contributed by atoms with Crippen molar-refractivity contribution < 1.29 is 64.7 Å². The fourth-order valence-corrected chi connectivity index (χ4v) is 8.70. The van der Waals surface area contributed by atoms with E-state index in [0.29, 0.717) is 42.0 Å². The van der Waals surface area contributed by atoms with Gasteiger partial charge >= 0.3 is 0 Å². The Bertz CT molecular complexity index is 1810. The number of thioether (sulfide) groups is 1. The number of carbonyl (C=O) groups excluding carboxylic acids is 3. The second kappa shape index (κ2) is 30.4. The second-order valence-electron chi connectivity index (χ2n) is 14.9. The number of carbonyl (C=O) groups is 3. The lowest BCUT2D eigenvalue weighted by atomic mass is 9.98. The molecule has 22 heteroatoms. The summed E-state index contributed by atoms with van der Waals surface area (Å²) in [5.74, 6) is 2.52.